The standard InChI is InChI=1S/C13H20N2/c1-3-5-11-8-13(11)15-9-12-6-4-7-14-10(12)2/h4,6-7,11,13,15H,3,5,8-9H2,1-2H3. The summed E-state index contributed by atoms with van der Waals surface area (Å²) in [6.07, 6.45) is 5.92. The third-order valence-electron chi connectivity index (χ3n) is 3.25. The van der Waals surface area contributed by atoms with E-state index < -0.39 is 0 Å². The summed E-state index contributed by atoms with van der Waals surface area (Å²) in [5.74, 6) is 0.937. The van der Waals surface area contributed by atoms with Gasteiger partial charge in [-0.3, -0.25) is 4.98 Å². The Kier molecular flexibility index (Phi) is 3.37. The first-order valence-electron chi connectivity index (χ1n) is 5.95. The second-order valence-electron chi connectivity index (χ2n) is 4.52. The monoisotopic (exact) mass is 204 g/mol. The smallest absolute Gasteiger partial charge is 0.0417 e. The SMILES string of the molecule is CCCC1CC1NCc1cccnc1C. The molecule has 0 spiro atoms. The fourth-order valence-corrected chi connectivity index (χ4v) is 2.13. The summed E-state index contributed by atoms with van der Waals surface area (Å²) >= 11 is 0. The second kappa shape index (κ2) is 4.75. The highest BCUT2D eigenvalue weighted by molar-refractivity contribution is 5.18. The predicted molar refractivity (Wildman–Crippen MR) is 62.6 cm³/mol. The molecule has 2 nitrogen and oxygen atoms in total. The van der Waals surface area contributed by atoms with Crippen LogP contribution in [0.4, 0.5) is 0 Å². The van der Waals surface area contributed by atoms with Crippen LogP contribution in [0.2, 0.25) is 0 Å². The average Bonchev–Trinajstić information content (AvgIpc) is 2.96. The van der Waals surface area contributed by atoms with E-state index in [9.17, 15) is 0 Å². The van der Waals surface area contributed by atoms with Crippen LogP contribution in [0.5, 0.6) is 0 Å². The molecule has 0 amide bonds. The normalized spacial score (nSPS) is 24.1. The van der Waals surface area contributed by atoms with Crippen LogP contribution in [0, 0.1) is 12.8 Å². The second-order valence-corrected chi connectivity index (χ2v) is 4.52. The van der Waals surface area contributed by atoms with E-state index in [0.717, 1.165) is 24.2 Å². The topological polar surface area (TPSA) is 24.9 Å². The van der Waals surface area contributed by atoms with Crippen molar-refractivity contribution in [2.24, 2.45) is 5.92 Å². The van der Waals surface area contributed by atoms with Gasteiger partial charge in [-0.25, -0.2) is 0 Å². The van der Waals surface area contributed by atoms with Crippen LogP contribution in [0.15, 0.2) is 18.3 Å². The summed E-state index contributed by atoms with van der Waals surface area (Å²) in [7, 11) is 0. The van der Waals surface area contributed by atoms with Gasteiger partial charge >= 0.3 is 0 Å². The third kappa shape index (κ3) is 2.78. The van der Waals surface area contributed by atoms with E-state index in [-0.39, 0.29) is 0 Å². The molecule has 1 fully saturated rings. The van der Waals surface area contributed by atoms with Gasteiger partial charge in [0.15, 0.2) is 0 Å². The van der Waals surface area contributed by atoms with Crippen molar-refractivity contribution in [3.05, 3.63) is 29.6 Å². The summed E-state index contributed by atoms with van der Waals surface area (Å²) in [6.45, 7) is 5.32. The van der Waals surface area contributed by atoms with Gasteiger partial charge in [0.2, 0.25) is 0 Å². The van der Waals surface area contributed by atoms with Crippen molar-refractivity contribution in [1.29, 1.82) is 0 Å². The number of hydrogen-bond acceptors (Lipinski definition) is 2. The lowest BCUT2D eigenvalue weighted by atomic mass is 10.2. The van der Waals surface area contributed by atoms with Crippen molar-refractivity contribution in [3.63, 3.8) is 0 Å². The molecule has 2 unspecified atom stereocenters. The molecular weight excluding hydrogens is 184 g/mol. The van der Waals surface area contributed by atoms with Gasteiger partial charge in [0, 0.05) is 24.5 Å². The van der Waals surface area contributed by atoms with Gasteiger partial charge < -0.3 is 5.32 Å². The van der Waals surface area contributed by atoms with Gasteiger partial charge in [-0.05, 0) is 37.3 Å². The lowest BCUT2D eigenvalue weighted by molar-refractivity contribution is 0.597. The number of aromatic nitrogens is 1. The molecule has 0 aliphatic heterocycles. The highest BCUT2D eigenvalue weighted by atomic mass is 15.0. The average molecular weight is 204 g/mol. The first-order chi connectivity index (χ1) is 7.31. The fourth-order valence-electron chi connectivity index (χ4n) is 2.13. The molecule has 0 radical (unpaired) electrons. The summed E-state index contributed by atoms with van der Waals surface area (Å²) < 4.78 is 0. The Labute approximate surface area is 92.1 Å². The highest BCUT2D eigenvalue weighted by Crippen LogP contribution is 2.34. The zero-order chi connectivity index (χ0) is 10.7. The van der Waals surface area contributed by atoms with Gasteiger partial charge in [-0.1, -0.05) is 19.4 Å². The van der Waals surface area contributed by atoms with Crippen LogP contribution in [-0.2, 0) is 6.54 Å². The number of nitrogens with zero attached hydrogens (tertiary/aromatic N) is 1. The molecule has 2 atom stereocenters. The lowest BCUT2D eigenvalue weighted by Gasteiger charge is -2.06. The van der Waals surface area contributed by atoms with Crippen LogP contribution in [0.3, 0.4) is 0 Å². The molecule has 2 rings (SSSR count). The fraction of sp³-hybridized carbons (Fsp3) is 0.615. The van der Waals surface area contributed by atoms with Crippen molar-refractivity contribution < 1.29 is 0 Å². The molecule has 1 aromatic rings. The number of pyridine rings is 1. The van der Waals surface area contributed by atoms with E-state index in [1.165, 1.54) is 24.8 Å². The molecule has 1 aliphatic carbocycles. The Hall–Kier alpha value is -0.890. The van der Waals surface area contributed by atoms with Gasteiger partial charge in [0.05, 0.1) is 0 Å². The van der Waals surface area contributed by atoms with E-state index in [2.05, 4.69) is 30.2 Å². The quantitative estimate of drug-likeness (QED) is 0.797. The van der Waals surface area contributed by atoms with Gasteiger partial charge in [0.1, 0.15) is 0 Å². The van der Waals surface area contributed by atoms with E-state index in [4.69, 9.17) is 0 Å². The van der Waals surface area contributed by atoms with E-state index in [0.29, 0.717) is 0 Å². The zero-order valence-electron chi connectivity index (χ0n) is 9.66. The first kappa shape index (κ1) is 10.6. The van der Waals surface area contributed by atoms with E-state index >= 15 is 0 Å². The first-order valence-corrected chi connectivity index (χ1v) is 5.95. The molecule has 1 aliphatic rings. The van der Waals surface area contributed by atoms with Crippen LogP contribution >= 0.6 is 0 Å². The molecule has 1 heterocycles. The zero-order valence-corrected chi connectivity index (χ0v) is 9.66. The van der Waals surface area contributed by atoms with Crippen molar-refractivity contribution >= 4 is 0 Å². The van der Waals surface area contributed by atoms with Gasteiger partial charge in [0.25, 0.3) is 0 Å². The van der Waals surface area contributed by atoms with E-state index in [1.807, 2.05) is 12.3 Å². The molecule has 15 heavy (non-hydrogen) atoms. The third-order valence-corrected chi connectivity index (χ3v) is 3.25. The minimum atomic E-state index is 0.768. The maximum atomic E-state index is 4.29. The molecule has 2 heteroatoms. The van der Waals surface area contributed by atoms with Crippen LogP contribution < -0.4 is 5.32 Å². The van der Waals surface area contributed by atoms with Crippen molar-refractivity contribution in [1.82, 2.24) is 10.3 Å². The lowest BCUT2D eigenvalue weighted by Crippen LogP contribution is -2.18. The predicted octanol–water partition coefficient (Wildman–Crippen LogP) is 2.67. The molecule has 1 aromatic heterocycles. The molecule has 82 valence electrons. The number of nitrogens with one attached hydrogen (secondary N) is 1. The Morgan fingerprint density at radius 3 is 3.13 bits per heavy atom. The van der Waals surface area contributed by atoms with Crippen LogP contribution in [0.25, 0.3) is 0 Å². The van der Waals surface area contributed by atoms with Crippen molar-refractivity contribution in [3.8, 4) is 0 Å². The van der Waals surface area contributed by atoms with Crippen molar-refractivity contribution in [2.75, 3.05) is 0 Å². The molecule has 0 saturated heterocycles. The summed E-state index contributed by atoms with van der Waals surface area (Å²) in [5, 5.41) is 3.61. The Bertz CT molecular complexity index is 322. The minimum Gasteiger partial charge on any atom is -0.310 e. The van der Waals surface area contributed by atoms with Gasteiger partial charge in [-0.15, -0.1) is 0 Å². The van der Waals surface area contributed by atoms with Crippen molar-refractivity contribution in [2.45, 2.75) is 45.7 Å². The van der Waals surface area contributed by atoms with Crippen LogP contribution in [-0.4, -0.2) is 11.0 Å². The highest BCUT2D eigenvalue weighted by Gasteiger charge is 2.35. The Balaban J connectivity index is 1.78. The molecular formula is C13H20N2. The minimum absolute atomic E-state index is 0.768. The summed E-state index contributed by atoms with van der Waals surface area (Å²) in [4.78, 5) is 4.29. The number of rotatable bonds is 5. The number of hydrogen-bond donors (Lipinski definition) is 1. The largest absolute Gasteiger partial charge is 0.310 e. The van der Waals surface area contributed by atoms with Gasteiger partial charge in [-0.2, -0.15) is 0 Å². The summed E-state index contributed by atoms with van der Waals surface area (Å²) in [6, 6.07) is 4.94. The molecule has 0 bridgehead atoms. The Morgan fingerprint density at radius 1 is 1.53 bits per heavy atom. The molecule has 1 saturated carbocycles. The maximum Gasteiger partial charge on any atom is 0.0417 e. The maximum absolute atomic E-state index is 4.29. The van der Waals surface area contributed by atoms with Crippen LogP contribution in [0.1, 0.15) is 37.4 Å². The number of aryl methyl sites for hydroxylation is 1. The van der Waals surface area contributed by atoms with E-state index in [1.54, 1.807) is 0 Å². The summed E-state index contributed by atoms with van der Waals surface area (Å²) in [5.41, 5.74) is 2.48. The molecule has 0 aromatic carbocycles. The Morgan fingerprint density at radius 2 is 2.40 bits per heavy atom. The molecule has 1 N–H and O–H groups in total.